The SMILES string of the molecule is CCCC[O][Ti]([O]c1ccccc1)([O]c1ccccc1)[O]c1ccccc1. The zero-order valence-electron chi connectivity index (χ0n) is 15.4. The Balaban J connectivity index is 1.93. The fraction of sp³-hybridized carbons (Fsp3) is 0.182. The van der Waals surface area contributed by atoms with Gasteiger partial charge in [-0.15, -0.1) is 0 Å². The van der Waals surface area contributed by atoms with Crippen LogP contribution in [0.1, 0.15) is 19.8 Å². The minimum absolute atomic E-state index is 0.517. The van der Waals surface area contributed by atoms with Crippen molar-refractivity contribution in [2.45, 2.75) is 19.8 Å². The van der Waals surface area contributed by atoms with Gasteiger partial charge in [0, 0.05) is 0 Å². The van der Waals surface area contributed by atoms with Gasteiger partial charge in [-0.2, -0.15) is 0 Å². The summed E-state index contributed by atoms with van der Waals surface area (Å²) in [6.07, 6.45) is 1.92. The minimum atomic E-state index is -4.19. The van der Waals surface area contributed by atoms with Crippen molar-refractivity contribution in [1.29, 1.82) is 0 Å². The summed E-state index contributed by atoms with van der Waals surface area (Å²) in [6, 6.07) is 28.6. The van der Waals surface area contributed by atoms with E-state index in [2.05, 4.69) is 6.92 Å². The Morgan fingerprint density at radius 3 is 1.30 bits per heavy atom. The first-order valence-electron chi connectivity index (χ1n) is 9.16. The maximum absolute atomic E-state index is 6.28. The van der Waals surface area contributed by atoms with Gasteiger partial charge in [-0.05, 0) is 0 Å². The molecule has 0 aromatic heterocycles. The molecule has 3 aromatic carbocycles. The first-order valence-corrected chi connectivity index (χ1v) is 11.7. The second kappa shape index (κ2) is 10.2. The number of unbranched alkanes of at least 4 members (excludes halogenated alkanes) is 1. The molecular formula is C22H24O4Ti. The van der Waals surface area contributed by atoms with E-state index in [1.54, 1.807) is 0 Å². The normalized spacial score (nSPS) is 11.0. The van der Waals surface area contributed by atoms with E-state index in [4.69, 9.17) is 13.3 Å². The van der Waals surface area contributed by atoms with Crippen molar-refractivity contribution in [2.24, 2.45) is 0 Å². The van der Waals surface area contributed by atoms with Gasteiger partial charge < -0.3 is 0 Å². The van der Waals surface area contributed by atoms with Crippen LogP contribution in [0.4, 0.5) is 0 Å². The van der Waals surface area contributed by atoms with E-state index in [0.717, 1.165) is 12.8 Å². The Morgan fingerprint density at radius 1 is 0.593 bits per heavy atom. The quantitative estimate of drug-likeness (QED) is 0.316. The van der Waals surface area contributed by atoms with Crippen LogP contribution < -0.4 is 9.96 Å². The summed E-state index contributed by atoms with van der Waals surface area (Å²) >= 11 is -4.19. The van der Waals surface area contributed by atoms with Crippen LogP contribution in [0, 0.1) is 0 Å². The average molecular weight is 400 g/mol. The number of benzene rings is 3. The topological polar surface area (TPSA) is 36.9 Å². The molecule has 0 fully saturated rings. The van der Waals surface area contributed by atoms with Gasteiger partial charge >= 0.3 is 166 Å². The van der Waals surface area contributed by atoms with Crippen molar-refractivity contribution in [3.05, 3.63) is 91.0 Å². The number of hydrogen-bond acceptors (Lipinski definition) is 4. The predicted molar refractivity (Wildman–Crippen MR) is 102 cm³/mol. The van der Waals surface area contributed by atoms with E-state index in [9.17, 15) is 0 Å². The van der Waals surface area contributed by atoms with E-state index in [-0.39, 0.29) is 0 Å². The van der Waals surface area contributed by atoms with Crippen molar-refractivity contribution < 1.29 is 31.4 Å². The molecular weight excluding hydrogens is 376 g/mol. The molecule has 0 N–H and O–H groups in total. The summed E-state index contributed by atoms with van der Waals surface area (Å²) in [7, 11) is 0. The molecule has 0 spiro atoms. The molecule has 0 saturated carbocycles. The van der Waals surface area contributed by atoms with E-state index in [1.807, 2.05) is 91.0 Å². The zero-order valence-corrected chi connectivity index (χ0v) is 17.0. The Labute approximate surface area is 165 Å². The molecule has 3 aromatic rings. The summed E-state index contributed by atoms with van der Waals surface area (Å²) in [4.78, 5) is 0. The molecule has 3 rings (SSSR count). The van der Waals surface area contributed by atoms with Crippen LogP contribution in [0.5, 0.6) is 17.2 Å². The molecule has 0 radical (unpaired) electrons. The fourth-order valence-electron chi connectivity index (χ4n) is 2.39. The third kappa shape index (κ3) is 6.14. The van der Waals surface area contributed by atoms with Crippen molar-refractivity contribution >= 4 is 0 Å². The molecule has 0 heterocycles. The van der Waals surface area contributed by atoms with E-state index in [1.165, 1.54) is 0 Å². The van der Waals surface area contributed by atoms with Gasteiger partial charge in [0.2, 0.25) is 0 Å². The maximum atomic E-state index is 6.28. The third-order valence-corrected chi connectivity index (χ3v) is 6.88. The fourth-order valence-corrected chi connectivity index (χ4v) is 5.47. The molecule has 0 amide bonds. The van der Waals surface area contributed by atoms with E-state index < -0.39 is 18.1 Å². The molecule has 4 nitrogen and oxygen atoms in total. The van der Waals surface area contributed by atoms with Gasteiger partial charge in [-0.1, -0.05) is 0 Å². The van der Waals surface area contributed by atoms with Crippen LogP contribution in [0.3, 0.4) is 0 Å². The Morgan fingerprint density at radius 2 is 0.963 bits per heavy atom. The summed E-state index contributed by atoms with van der Waals surface area (Å²) in [6.45, 7) is 2.63. The van der Waals surface area contributed by atoms with E-state index in [0.29, 0.717) is 23.9 Å². The molecule has 0 atom stereocenters. The van der Waals surface area contributed by atoms with Crippen LogP contribution in [-0.4, -0.2) is 6.61 Å². The molecule has 140 valence electrons. The first-order chi connectivity index (χ1) is 13.3. The molecule has 0 bridgehead atoms. The van der Waals surface area contributed by atoms with E-state index >= 15 is 0 Å². The molecule has 0 aliphatic heterocycles. The first kappa shape index (κ1) is 19.5. The summed E-state index contributed by atoms with van der Waals surface area (Å²) in [5, 5.41) is 0. The Bertz CT molecular complexity index is 680. The van der Waals surface area contributed by atoms with Crippen molar-refractivity contribution in [3.63, 3.8) is 0 Å². The van der Waals surface area contributed by atoms with Crippen LogP contribution >= 0.6 is 0 Å². The molecule has 0 aliphatic carbocycles. The second-order valence-electron chi connectivity index (χ2n) is 5.95. The Kier molecular flexibility index (Phi) is 7.34. The zero-order chi connectivity index (χ0) is 18.8. The summed E-state index contributed by atoms with van der Waals surface area (Å²) in [5.74, 6) is 2.00. The summed E-state index contributed by atoms with van der Waals surface area (Å²) < 4.78 is 25.0. The molecule has 0 unspecified atom stereocenters. The van der Waals surface area contributed by atoms with Crippen molar-refractivity contribution in [2.75, 3.05) is 6.61 Å². The summed E-state index contributed by atoms with van der Waals surface area (Å²) in [5.41, 5.74) is 0. The van der Waals surface area contributed by atoms with Gasteiger partial charge in [0.15, 0.2) is 0 Å². The second-order valence-corrected chi connectivity index (χ2v) is 8.92. The molecule has 27 heavy (non-hydrogen) atoms. The number of para-hydroxylation sites is 3. The van der Waals surface area contributed by atoms with Crippen molar-refractivity contribution in [3.8, 4) is 17.2 Å². The molecule has 5 heteroatoms. The van der Waals surface area contributed by atoms with Crippen molar-refractivity contribution in [1.82, 2.24) is 0 Å². The standard InChI is InChI=1S/3C6H6O.C4H9O.Ti/c3*7-6-4-2-1-3-5-6;1-2-3-4-5;/h3*1-5,7H;2-4H2,1H3;/q;;;-1;+4/p-3. The monoisotopic (exact) mass is 400 g/mol. The van der Waals surface area contributed by atoms with Gasteiger partial charge in [0.05, 0.1) is 0 Å². The molecule has 0 saturated heterocycles. The third-order valence-electron chi connectivity index (χ3n) is 3.73. The number of rotatable bonds is 10. The molecule has 0 aliphatic rings. The van der Waals surface area contributed by atoms with Crippen LogP contribution in [0.25, 0.3) is 0 Å². The van der Waals surface area contributed by atoms with Gasteiger partial charge in [-0.3, -0.25) is 0 Å². The Hall–Kier alpha value is -2.27. The average Bonchev–Trinajstić information content (AvgIpc) is 2.70. The van der Waals surface area contributed by atoms with Gasteiger partial charge in [0.25, 0.3) is 0 Å². The van der Waals surface area contributed by atoms with Gasteiger partial charge in [0.1, 0.15) is 0 Å². The van der Waals surface area contributed by atoms with Gasteiger partial charge in [-0.25, -0.2) is 0 Å². The van der Waals surface area contributed by atoms with Crippen LogP contribution in [0.15, 0.2) is 91.0 Å². The van der Waals surface area contributed by atoms with Crippen LogP contribution in [-0.2, 0) is 21.5 Å². The number of hydrogen-bond donors (Lipinski definition) is 0. The van der Waals surface area contributed by atoms with Crippen LogP contribution in [0.2, 0.25) is 0 Å². The predicted octanol–water partition coefficient (Wildman–Crippen LogP) is 5.85.